The molecule has 0 saturated carbocycles. The number of methoxy groups -OCH3 is 1. The average Bonchev–Trinajstić information content (AvgIpc) is 2.38. The summed E-state index contributed by atoms with van der Waals surface area (Å²) in [7, 11) is 1.63. The number of benzene rings is 1. The van der Waals surface area contributed by atoms with Crippen LogP contribution in [0.1, 0.15) is 30.1 Å². The predicted molar refractivity (Wildman–Crippen MR) is 74.6 cm³/mol. The fraction of sp³-hybridized carbons (Fsp3) is 0.500. The summed E-state index contributed by atoms with van der Waals surface area (Å²) in [6, 6.07) is 2.37. The Morgan fingerprint density at radius 1 is 1.55 bits per heavy atom. The zero-order valence-electron chi connectivity index (χ0n) is 11.6. The van der Waals surface area contributed by atoms with Crippen LogP contribution in [-0.4, -0.2) is 36.9 Å². The van der Waals surface area contributed by atoms with Gasteiger partial charge in [-0.15, -0.1) is 0 Å². The Hall–Kier alpha value is -1.82. The molecule has 1 aliphatic heterocycles. The van der Waals surface area contributed by atoms with Gasteiger partial charge in [0, 0.05) is 25.9 Å². The van der Waals surface area contributed by atoms with Crippen LogP contribution < -0.4 is 10.6 Å². The van der Waals surface area contributed by atoms with Crippen molar-refractivity contribution in [1.82, 2.24) is 0 Å². The molecule has 1 aromatic rings. The van der Waals surface area contributed by atoms with Crippen molar-refractivity contribution in [3.05, 3.63) is 23.5 Å². The Balaban J connectivity index is 2.37. The van der Waals surface area contributed by atoms with E-state index in [1.807, 2.05) is 11.8 Å². The number of hydrogen-bond donors (Lipinski definition) is 2. The molecule has 110 valence electrons. The summed E-state index contributed by atoms with van der Waals surface area (Å²) in [6.07, 6.45) is 1.75. The van der Waals surface area contributed by atoms with Crippen LogP contribution >= 0.6 is 0 Å². The highest BCUT2D eigenvalue weighted by Gasteiger charge is 2.32. The number of nitrogens with zero attached hydrogens (tertiary/aromatic N) is 1. The number of carbonyl (C=O) groups is 1. The maximum Gasteiger partial charge on any atom is 0.337 e. The summed E-state index contributed by atoms with van der Waals surface area (Å²) in [6.45, 7) is 3.15. The van der Waals surface area contributed by atoms with Crippen molar-refractivity contribution in [2.75, 3.05) is 30.8 Å². The number of aromatic carboxylic acids is 1. The summed E-state index contributed by atoms with van der Waals surface area (Å²) in [5.41, 5.74) is 5.31. The van der Waals surface area contributed by atoms with Gasteiger partial charge in [-0.05, 0) is 31.9 Å². The highest BCUT2D eigenvalue weighted by molar-refractivity contribution is 5.95. The zero-order valence-corrected chi connectivity index (χ0v) is 11.6. The maximum absolute atomic E-state index is 14.1. The topological polar surface area (TPSA) is 75.8 Å². The number of nitrogen functional groups attached to an aromatic ring is 1. The Kier molecular flexibility index (Phi) is 3.85. The van der Waals surface area contributed by atoms with E-state index < -0.39 is 11.8 Å². The first kappa shape index (κ1) is 14.6. The van der Waals surface area contributed by atoms with Gasteiger partial charge >= 0.3 is 5.97 Å². The molecule has 1 aliphatic rings. The fourth-order valence-corrected chi connectivity index (χ4v) is 2.58. The SMILES string of the molecule is COC1(C)CCCN(c2cc(C(=O)O)c(N)cc2F)C1. The van der Waals surface area contributed by atoms with E-state index >= 15 is 0 Å². The summed E-state index contributed by atoms with van der Waals surface area (Å²) in [5, 5.41) is 9.08. The highest BCUT2D eigenvalue weighted by atomic mass is 19.1. The lowest BCUT2D eigenvalue weighted by atomic mass is 9.94. The van der Waals surface area contributed by atoms with Crippen LogP contribution in [0, 0.1) is 5.82 Å². The minimum atomic E-state index is -1.16. The Labute approximate surface area is 117 Å². The molecule has 0 aliphatic carbocycles. The van der Waals surface area contributed by atoms with Gasteiger partial charge in [0.15, 0.2) is 0 Å². The Bertz CT molecular complexity index is 535. The lowest BCUT2D eigenvalue weighted by Crippen LogP contribution is -2.47. The van der Waals surface area contributed by atoms with Crippen molar-refractivity contribution in [3.8, 4) is 0 Å². The van der Waals surface area contributed by atoms with Crippen LogP contribution in [0.2, 0.25) is 0 Å². The minimum Gasteiger partial charge on any atom is -0.478 e. The molecular formula is C14H19FN2O3. The molecule has 1 unspecified atom stereocenters. The number of piperidine rings is 1. The predicted octanol–water partition coefficient (Wildman–Crippen LogP) is 2.11. The van der Waals surface area contributed by atoms with E-state index in [9.17, 15) is 9.18 Å². The van der Waals surface area contributed by atoms with Gasteiger partial charge in [0.2, 0.25) is 0 Å². The minimum absolute atomic E-state index is 0.0646. The summed E-state index contributed by atoms with van der Waals surface area (Å²) >= 11 is 0. The standard InChI is InChI=1S/C14H19FN2O3/c1-14(20-2)4-3-5-17(8-14)12-6-9(13(18)19)11(16)7-10(12)15/h6-7H,3-5,8,16H2,1-2H3,(H,18,19). The van der Waals surface area contributed by atoms with E-state index in [4.69, 9.17) is 15.6 Å². The molecule has 0 spiro atoms. The monoisotopic (exact) mass is 282 g/mol. The summed E-state index contributed by atoms with van der Waals surface area (Å²) in [5.74, 6) is -1.66. The molecule has 1 saturated heterocycles. The van der Waals surface area contributed by atoms with Gasteiger partial charge in [0.05, 0.1) is 16.9 Å². The van der Waals surface area contributed by atoms with Crippen LogP contribution in [0.5, 0.6) is 0 Å². The van der Waals surface area contributed by atoms with Gasteiger partial charge in [0.1, 0.15) is 5.82 Å². The molecule has 1 atom stereocenters. The van der Waals surface area contributed by atoms with E-state index in [0.717, 1.165) is 18.9 Å². The van der Waals surface area contributed by atoms with Crippen molar-refractivity contribution in [2.45, 2.75) is 25.4 Å². The Morgan fingerprint density at radius 2 is 2.25 bits per heavy atom. The number of rotatable bonds is 3. The maximum atomic E-state index is 14.1. The first-order valence-electron chi connectivity index (χ1n) is 6.49. The van der Waals surface area contributed by atoms with Crippen molar-refractivity contribution < 1.29 is 19.0 Å². The second-order valence-corrected chi connectivity index (χ2v) is 5.38. The molecule has 0 aromatic heterocycles. The van der Waals surface area contributed by atoms with Crippen LogP contribution in [0.15, 0.2) is 12.1 Å². The van der Waals surface area contributed by atoms with Gasteiger partial charge in [-0.25, -0.2) is 9.18 Å². The van der Waals surface area contributed by atoms with Crippen molar-refractivity contribution in [1.29, 1.82) is 0 Å². The fourth-order valence-electron chi connectivity index (χ4n) is 2.58. The van der Waals surface area contributed by atoms with Crippen molar-refractivity contribution in [2.24, 2.45) is 0 Å². The van der Waals surface area contributed by atoms with Crippen LogP contribution in [0.25, 0.3) is 0 Å². The second kappa shape index (κ2) is 5.28. The smallest absolute Gasteiger partial charge is 0.337 e. The molecule has 5 nitrogen and oxygen atoms in total. The first-order chi connectivity index (χ1) is 9.36. The molecule has 20 heavy (non-hydrogen) atoms. The van der Waals surface area contributed by atoms with Gasteiger partial charge in [-0.2, -0.15) is 0 Å². The average molecular weight is 282 g/mol. The van der Waals surface area contributed by atoms with E-state index in [-0.39, 0.29) is 22.5 Å². The Morgan fingerprint density at radius 3 is 2.85 bits per heavy atom. The van der Waals surface area contributed by atoms with E-state index in [1.54, 1.807) is 7.11 Å². The zero-order chi connectivity index (χ0) is 14.9. The molecule has 0 amide bonds. The molecule has 1 fully saturated rings. The van der Waals surface area contributed by atoms with E-state index in [1.165, 1.54) is 6.07 Å². The van der Waals surface area contributed by atoms with Gasteiger partial charge in [-0.3, -0.25) is 0 Å². The number of ether oxygens (including phenoxy) is 1. The second-order valence-electron chi connectivity index (χ2n) is 5.38. The molecule has 0 radical (unpaired) electrons. The summed E-state index contributed by atoms with van der Waals surface area (Å²) in [4.78, 5) is 12.9. The van der Waals surface area contributed by atoms with Gasteiger partial charge in [0.25, 0.3) is 0 Å². The normalized spacial score (nSPS) is 22.9. The van der Waals surface area contributed by atoms with Crippen LogP contribution in [0.3, 0.4) is 0 Å². The van der Waals surface area contributed by atoms with E-state index in [2.05, 4.69) is 0 Å². The molecule has 2 rings (SSSR count). The van der Waals surface area contributed by atoms with Crippen molar-refractivity contribution >= 4 is 17.3 Å². The number of carboxylic acid groups (broad SMARTS) is 1. The van der Waals surface area contributed by atoms with Crippen LogP contribution in [-0.2, 0) is 4.74 Å². The summed E-state index contributed by atoms with van der Waals surface area (Å²) < 4.78 is 19.5. The quantitative estimate of drug-likeness (QED) is 0.830. The molecule has 1 heterocycles. The molecule has 0 bridgehead atoms. The molecule has 1 aromatic carbocycles. The number of anilines is 2. The number of hydrogen-bond acceptors (Lipinski definition) is 4. The third kappa shape index (κ3) is 2.70. The lowest BCUT2D eigenvalue weighted by molar-refractivity contribution is -0.00476. The number of carboxylic acids is 1. The highest BCUT2D eigenvalue weighted by Crippen LogP contribution is 2.31. The number of nitrogens with two attached hydrogens (primary N) is 1. The number of halogens is 1. The molecular weight excluding hydrogens is 263 g/mol. The van der Waals surface area contributed by atoms with E-state index in [0.29, 0.717) is 13.1 Å². The lowest BCUT2D eigenvalue weighted by Gasteiger charge is -2.40. The molecule has 3 N–H and O–H groups in total. The largest absolute Gasteiger partial charge is 0.478 e. The van der Waals surface area contributed by atoms with Gasteiger partial charge < -0.3 is 20.5 Å². The van der Waals surface area contributed by atoms with Crippen molar-refractivity contribution in [3.63, 3.8) is 0 Å². The van der Waals surface area contributed by atoms with Crippen LogP contribution in [0.4, 0.5) is 15.8 Å². The third-order valence-electron chi connectivity index (χ3n) is 3.84. The third-order valence-corrected chi connectivity index (χ3v) is 3.84. The molecule has 6 heteroatoms. The van der Waals surface area contributed by atoms with Gasteiger partial charge in [-0.1, -0.05) is 0 Å². The first-order valence-corrected chi connectivity index (χ1v) is 6.49.